The van der Waals surface area contributed by atoms with E-state index >= 15 is 0 Å². The van der Waals surface area contributed by atoms with Crippen LogP contribution in [0.1, 0.15) is 34.6 Å². The molecule has 7 heteroatoms. The fourth-order valence-corrected chi connectivity index (χ4v) is 1.38. The Labute approximate surface area is 107 Å². The molecular formula is C11H22N4O3. The highest BCUT2D eigenvalue weighted by molar-refractivity contribution is 5.68. The van der Waals surface area contributed by atoms with Gasteiger partial charge in [0.2, 0.25) is 0 Å². The molecular weight excluding hydrogens is 236 g/mol. The van der Waals surface area contributed by atoms with Crippen LogP contribution in [0.2, 0.25) is 0 Å². The van der Waals surface area contributed by atoms with Crippen molar-refractivity contribution in [3.8, 4) is 0 Å². The maximum absolute atomic E-state index is 11.6. The molecule has 0 aromatic carbocycles. The Kier molecular flexibility index (Phi) is 6.51. The number of hydrogen-bond acceptors (Lipinski definition) is 4. The van der Waals surface area contributed by atoms with Gasteiger partial charge in [0, 0.05) is 4.91 Å². The van der Waals surface area contributed by atoms with Gasteiger partial charge in [-0.1, -0.05) is 19.0 Å². The lowest BCUT2D eigenvalue weighted by molar-refractivity contribution is 0.0387. The maximum Gasteiger partial charge on any atom is 0.407 e. The Bertz CT molecular complexity index is 319. The molecule has 0 aliphatic heterocycles. The van der Waals surface area contributed by atoms with E-state index in [0.717, 1.165) is 0 Å². The molecule has 0 saturated carbocycles. The third kappa shape index (κ3) is 6.98. The first kappa shape index (κ1) is 16.5. The minimum absolute atomic E-state index is 0.0126. The number of hydrogen-bond donors (Lipinski definition) is 2. The molecule has 0 fully saturated rings. The molecule has 0 spiro atoms. The molecule has 0 saturated heterocycles. The smallest absolute Gasteiger partial charge is 0.407 e. The highest BCUT2D eigenvalue weighted by Crippen LogP contribution is 2.11. The normalized spacial score (nSPS) is 14.6. The fraction of sp³-hybridized carbons (Fsp3) is 0.909. The number of amides is 1. The number of azide groups is 1. The van der Waals surface area contributed by atoms with Gasteiger partial charge in [0.15, 0.2) is 0 Å². The Morgan fingerprint density at radius 2 is 2.06 bits per heavy atom. The van der Waals surface area contributed by atoms with Gasteiger partial charge < -0.3 is 15.2 Å². The Morgan fingerprint density at radius 1 is 1.50 bits per heavy atom. The predicted octanol–water partition coefficient (Wildman–Crippen LogP) is 2.21. The summed E-state index contributed by atoms with van der Waals surface area (Å²) >= 11 is 0. The van der Waals surface area contributed by atoms with Crippen LogP contribution in [0.3, 0.4) is 0 Å². The number of aliphatic hydroxyl groups excluding tert-OH is 1. The summed E-state index contributed by atoms with van der Waals surface area (Å²) in [6, 6.07) is -0.523. The molecule has 2 atom stereocenters. The molecule has 0 rings (SSSR count). The Hall–Kier alpha value is -1.46. The van der Waals surface area contributed by atoms with Gasteiger partial charge in [0.1, 0.15) is 5.60 Å². The predicted molar refractivity (Wildman–Crippen MR) is 68.0 cm³/mol. The van der Waals surface area contributed by atoms with Crippen LogP contribution < -0.4 is 5.32 Å². The van der Waals surface area contributed by atoms with Gasteiger partial charge in [0.05, 0.1) is 18.7 Å². The number of nitrogens with zero attached hydrogens (tertiary/aromatic N) is 3. The van der Waals surface area contributed by atoms with Crippen LogP contribution in [0.5, 0.6) is 0 Å². The van der Waals surface area contributed by atoms with E-state index in [1.807, 2.05) is 13.8 Å². The standard InChI is InChI=1S/C11H22N4O3/c1-7(2)9(8(16)6-13-15-12)14-10(17)18-11(3,4)5/h7-9,16H,6H2,1-5H3,(H,14,17). The zero-order chi connectivity index (χ0) is 14.3. The van der Waals surface area contributed by atoms with E-state index in [-0.39, 0.29) is 12.5 Å². The molecule has 2 unspecified atom stereocenters. The molecule has 0 aliphatic carbocycles. The molecule has 0 radical (unpaired) electrons. The number of aliphatic hydroxyl groups is 1. The van der Waals surface area contributed by atoms with Gasteiger partial charge in [-0.15, -0.1) is 0 Å². The van der Waals surface area contributed by atoms with Crippen LogP contribution in [-0.2, 0) is 4.74 Å². The molecule has 0 heterocycles. The van der Waals surface area contributed by atoms with Gasteiger partial charge >= 0.3 is 6.09 Å². The zero-order valence-corrected chi connectivity index (χ0v) is 11.5. The van der Waals surface area contributed by atoms with E-state index in [9.17, 15) is 9.90 Å². The lowest BCUT2D eigenvalue weighted by Gasteiger charge is -2.28. The molecule has 18 heavy (non-hydrogen) atoms. The summed E-state index contributed by atoms with van der Waals surface area (Å²) in [7, 11) is 0. The minimum Gasteiger partial charge on any atom is -0.444 e. The van der Waals surface area contributed by atoms with E-state index in [1.54, 1.807) is 20.8 Å². The number of alkyl carbamates (subject to hydrolysis) is 1. The van der Waals surface area contributed by atoms with Gasteiger partial charge in [-0.25, -0.2) is 4.79 Å². The van der Waals surface area contributed by atoms with E-state index in [2.05, 4.69) is 15.3 Å². The minimum atomic E-state index is -0.937. The second-order valence-electron chi connectivity index (χ2n) is 5.40. The quantitative estimate of drug-likeness (QED) is 0.448. The molecule has 2 N–H and O–H groups in total. The van der Waals surface area contributed by atoms with E-state index in [4.69, 9.17) is 10.3 Å². The molecule has 7 nitrogen and oxygen atoms in total. The third-order valence-electron chi connectivity index (χ3n) is 2.15. The lowest BCUT2D eigenvalue weighted by Crippen LogP contribution is -2.49. The van der Waals surface area contributed by atoms with Crippen molar-refractivity contribution < 1.29 is 14.6 Å². The van der Waals surface area contributed by atoms with Gasteiger partial charge in [-0.05, 0) is 32.2 Å². The number of nitrogens with one attached hydrogen (secondary N) is 1. The number of rotatable bonds is 5. The summed E-state index contributed by atoms with van der Waals surface area (Å²) in [5.74, 6) is -0.0126. The van der Waals surface area contributed by atoms with Crippen molar-refractivity contribution in [2.75, 3.05) is 6.54 Å². The summed E-state index contributed by atoms with van der Waals surface area (Å²) in [5.41, 5.74) is 7.61. The lowest BCUT2D eigenvalue weighted by atomic mass is 9.99. The fourth-order valence-electron chi connectivity index (χ4n) is 1.38. The second kappa shape index (κ2) is 7.08. The molecule has 0 bridgehead atoms. The second-order valence-corrected chi connectivity index (χ2v) is 5.40. The van der Waals surface area contributed by atoms with Crippen molar-refractivity contribution in [3.05, 3.63) is 10.4 Å². The van der Waals surface area contributed by atoms with Gasteiger partial charge in [-0.3, -0.25) is 0 Å². The van der Waals surface area contributed by atoms with Gasteiger partial charge in [0.25, 0.3) is 0 Å². The molecule has 104 valence electrons. The van der Waals surface area contributed by atoms with E-state index < -0.39 is 23.8 Å². The number of carbonyl (C=O) groups is 1. The highest BCUT2D eigenvalue weighted by atomic mass is 16.6. The van der Waals surface area contributed by atoms with Crippen LogP contribution in [0.25, 0.3) is 10.4 Å². The van der Waals surface area contributed by atoms with Crippen molar-refractivity contribution >= 4 is 6.09 Å². The first-order valence-corrected chi connectivity index (χ1v) is 5.86. The monoisotopic (exact) mass is 258 g/mol. The van der Waals surface area contributed by atoms with Crippen molar-refractivity contribution in [2.24, 2.45) is 11.0 Å². The largest absolute Gasteiger partial charge is 0.444 e. The van der Waals surface area contributed by atoms with Crippen LogP contribution in [0, 0.1) is 5.92 Å². The summed E-state index contributed by atoms with van der Waals surface area (Å²) in [6.45, 7) is 8.88. The zero-order valence-electron chi connectivity index (χ0n) is 11.5. The van der Waals surface area contributed by atoms with Crippen molar-refractivity contribution in [1.82, 2.24) is 5.32 Å². The van der Waals surface area contributed by atoms with Crippen LogP contribution in [0.4, 0.5) is 4.79 Å². The SMILES string of the molecule is CC(C)C(NC(=O)OC(C)(C)C)C(O)CN=[N+]=[N-]. The molecule has 0 aliphatic rings. The average molecular weight is 258 g/mol. The Balaban J connectivity index is 4.53. The number of carbonyl (C=O) groups excluding carboxylic acids is 1. The summed E-state index contributed by atoms with van der Waals surface area (Å²) < 4.78 is 5.11. The van der Waals surface area contributed by atoms with Crippen LogP contribution in [-0.4, -0.2) is 35.5 Å². The Morgan fingerprint density at radius 3 is 2.44 bits per heavy atom. The molecule has 1 amide bonds. The first-order valence-electron chi connectivity index (χ1n) is 5.86. The van der Waals surface area contributed by atoms with Crippen LogP contribution >= 0.6 is 0 Å². The van der Waals surface area contributed by atoms with Crippen molar-refractivity contribution in [2.45, 2.75) is 52.4 Å². The van der Waals surface area contributed by atoms with Crippen molar-refractivity contribution in [3.63, 3.8) is 0 Å². The molecule has 0 aromatic rings. The van der Waals surface area contributed by atoms with Crippen LogP contribution in [0.15, 0.2) is 5.11 Å². The highest BCUT2D eigenvalue weighted by Gasteiger charge is 2.26. The maximum atomic E-state index is 11.6. The average Bonchev–Trinajstić information content (AvgIpc) is 2.19. The number of ether oxygens (including phenoxy) is 1. The first-order chi connectivity index (χ1) is 8.17. The third-order valence-corrected chi connectivity index (χ3v) is 2.15. The summed E-state index contributed by atoms with van der Waals surface area (Å²) in [6.07, 6.45) is -1.53. The topological polar surface area (TPSA) is 107 Å². The van der Waals surface area contributed by atoms with E-state index in [1.165, 1.54) is 0 Å². The molecule has 0 aromatic heterocycles. The van der Waals surface area contributed by atoms with E-state index in [0.29, 0.717) is 0 Å². The van der Waals surface area contributed by atoms with Gasteiger partial charge in [-0.2, -0.15) is 0 Å². The van der Waals surface area contributed by atoms with Crippen molar-refractivity contribution in [1.29, 1.82) is 0 Å². The summed E-state index contributed by atoms with van der Waals surface area (Å²) in [4.78, 5) is 14.2. The summed E-state index contributed by atoms with van der Waals surface area (Å²) in [5, 5.41) is 15.7.